The van der Waals surface area contributed by atoms with E-state index in [1.165, 1.54) is 18.4 Å². The predicted octanol–water partition coefficient (Wildman–Crippen LogP) is 4.60. The molecular weight excluding hydrogens is 234 g/mol. The van der Waals surface area contributed by atoms with E-state index in [2.05, 4.69) is 38.7 Å². The lowest BCUT2D eigenvalue weighted by Crippen LogP contribution is -2.28. The molecule has 0 saturated heterocycles. The van der Waals surface area contributed by atoms with Crippen molar-refractivity contribution < 1.29 is 0 Å². The molecule has 1 aromatic rings. The third-order valence-corrected chi connectivity index (χ3v) is 4.53. The number of hydrogen-bond acceptors (Lipinski definition) is 1. The molecule has 1 N–H and O–H groups in total. The molecule has 2 nitrogen and oxygen atoms in total. The van der Waals surface area contributed by atoms with Gasteiger partial charge >= 0.3 is 0 Å². The SMILES string of the molecule is CC.CCC(C)c1cc[nH]c(=O)c1C1(C(C)C)CC1. The van der Waals surface area contributed by atoms with Gasteiger partial charge in [-0.2, -0.15) is 0 Å². The smallest absolute Gasteiger partial charge is 0.251 e. The monoisotopic (exact) mass is 263 g/mol. The number of rotatable bonds is 4. The van der Waals surface area contributed by atoms with Crippen LogP contribution in [0.1, 0.15) is 77.8 Å². The molecule has 0 aromatic carbocycles. The lowest BCUT2D eigenvalue weighted by molar-refractivity contribution is 0.469. The number of aromatic nitrogens is 1. The van der Waals surface area contributed by atoms with E-state index in [0.717, 1.165) is 12.0 Å². The van der Waals surface area contributed by atoms with Crippen LogP contribution in [-0.4, -0.2) is 4.98 Å². The summed E-state index contributed by atoms with van der Waals surface area (Å²) >= 11 is 0. The molecule has 0 amide bonds. The molecule has 1 aromatic heterocycles. The van der Waals surface area contributed by atoms with Crippen molar-refractivity contribution >= 4 is 0 Å². The Balaban J connectivity index is 0.000000861. The second-order valence-electron chi connectivity index (χ2n) is 5.76. The first kappa shape index (κ1) is 16.0. The van der Waals surface area contributed by atoms with Gasteiger partial charge in [0.25, 0.3) is 5.56 Å². The van der Waals surface area contributed by atoms with Crippen LogP contribution in [0.25, 0.3) is 0 Å². The van der Waals surface area contributed by atoms with Gasteiger partial charge in [0.1, 0.15) is 0 Å². The summed E-state index contributed by atoms with van der Waals surface area (Å²) in [5.41, 5.74) is 2.63. The van der Waals surface area contributed by atoms with Crippen molar-refractivity contribution in [2.24, 2.45) is 5.92 Å². The Bertz CT molecular complexity index is 455. The average molecular weight is 263 g/mol. The van der Waals surface area contributed by atoms with Gasteiger partial charge in [-0.1, -0.05) is 41.5 Å². The Morgan fingerprint density at radius 3 is 2.26 bits per heavy atom. The Morgan fingerprint density at radius 1 is 1.26 bits per heavy atom. The molecule has 1 atom stereocenters. The van der Waals surface area contributed by atoms with Gasteiger partial charge < -0.3 is 4.98 Å². The highest BCUT2D eigenvalue weighted by atomic mass is 16.1. The largest absolute Gasteiger partial charge is 0.329 e. The molecule has 1 saturated carbocycles. The molecule has 1 aliphatic rings. The summed E-state index contributed by atoms with van der Waals surface area (Å²) in [5.74, 6) is 1.03. The number of aromatic amines is 1. The van der Waals surface area contributed by atoms with E-state index < -0.39 is 0 Å². The molecule has 0 radical (unpaired) electrons. The highest BCUT2D eigenvalue weighted by Gasteiger charge is 2.49. The maximum absolute atomic E-state index is 12.2. The quantitative estimate of drug-likeness (QED) is 0.846. The minimum Gasteiger partial charge on any atom is -0.329 e. The number of nitrogens with one attached hydrogen (secondary N) is 1. The van der Waals surface area contributed by atoms with Gasteiger partial charge in [0.2, 0.25) is 0 Å². The van der Waals surface area contributed by atoms with Gasteiger partial charge in [-0.15, -0.1) is 0 Å². The average Bonchev–Trinajstić information content (AvgIpc) is 3.21. The van der Waals surface area contributed by atoms with Gasteiger partial charge in [-0.3, -0.25) is 4.79 Å². The molecule has 1 aliphatic carbocycles. The molecule has 108 valence electrons. The van der Waals surface area contributed by atoms with Crippen molar-refractivity contribution in [2.45, 2.75) is 72.1 Å². The van der Waals surface area contributed by atoms with Crippen LogP contribution in [0.2, 0.25) is 0 Å². The van der Waals surface area contributed by atoms with E-state index in [0.29, 0.717) is 11.8 Å². The van der Waals surface area contributed by atoms with Crippen LogP contribution in [-0.2, 0) is 5.41 Å². The highest BCUT2D eigenvalue weighted by Crippen LogP contribution is 2.54. The molecule has 1 heterocycles. The second-order valence-corrected chi connectivity index (χ2v) is 5.76. The minimum absolute atomic E-state index is 0.133. The van der Waals surface area contributed by atoms with Gasteiger partial charge in [-0.25, -0.2) is 0 Å². The molecule has 2 heteroatoms. The van der Waals surface area contributed by atoms with Crippen LogP contribution < -0.4 is 5.56 Å². The van der Waals surface area contributed by atoms with Crippen molar-refractivity contribution in [3.63, 3.8) is 0 Å². The normalized spacial score (nSPS) is 17.6. The number of hydrogen-bond donors (Lipinski definition) is 1. The summed E-state index contributed by atoms with van der Waals surface area (Å²) in [6.07, 6.45) is 5.22. The molecular formula is C17H29NO. The summed E-state index contributed by atoms with van der Waals surface area (Å²) in [6, 6.07) is 2.10. The van der Waals surface area contributed by atoms with Crippen LogP contribution in [0.3, 0.4) is 0 Å². The summed E-state index contributed by atoms with van der Waals surface area (Å²) in [7, 11) is 0. The van der Waals surface area contributed by atoms with Crippen molar-refractivity contribution in [2.75, 3.05) is 0 Å². The maximum Gasteiger partial charge on any atom is 0.251 e. The van der Waals surface area contributed by atoms with Crippen molar-refractivity contribution in [3.8, 4) is 0 Å². The summed E-state index contributed by atoms with van der Waals surface area (Å²) in [6.45, 7) is 12.9. The van der Waals surface area contributed by atoms with Crippen molar-refractivity contribution in [3.05, 3.63) is 33.7 Å². The van der Waals surface area contributed by atoms with Crippen LogP contribution in [0.5, 0.6) is 0 Å². The first-order valence-corrected chi connectivity index (χ1v) is 7.75. The van der Waals surface area contributed by atoms with Gasteiger partial charge in [0, 0.05) is 17.2 Å². The zero-order chi connectivity index (χ0) is 14.6. The number of H-pyrrole nitrogens is 1. The van der Waals surface area contributed by atoms with Crippen LogP contribution in [0, 0.1) is 5.92 Å². The topological polar surface area (TPSA) is 32.9 Å². The minimum atomic E-state index is 0.133. The molecule has 19 heavy (non-hydrogen) atoms. The van der Waals surface area contributed by atoms with Crippen LogP contribution >= 0.6 is 0 Å². The lowest BCUT2D eigenvalue weighted by Gasteiger charge is -2.24. The highest BCUT2D eigenvalue weighted by molar-refractivity contribution is 5.38. The van der Waals surface area contributed by atoms with E-state index in [1.807, 2.05) is 13.8 Å². The molecule has 2 rings (SSSR count). The van der Waals surface area contributed by atoms with E-state index in [-0.39, 0.29) is 11.0 Å². The molecule has 0 aliphatic heterocycles. The van der Waals surface area contributed by atoms with E-state index in [9.17, 15) is 4.79 Å². The number of pyridine rings is 1. The van der Waals surface area contributed by atoms with E-state index in [4.69, 9.17) is 0 Å². The van der Waals surface area contributed by atoms with Crippen molar-refractivity contribution in [1.82, 2.24) is 4.98 Å². The lowest BCUT2D eigenvalue weighted by atomic mass is 9.80. The Labute approximate surface area is 117 Å². The second kappa shape index (κ2) is 6.40. The Kier molecular flexibility index (Phi) is 5.39. The fourth-order valence-corrected chi connectivity index (χ4v) is 2.89. The zero-order valence-electron chi connectivity index (χ0n) is 13.3. The molecule has 1 fully saturated rings. The van der Waals surface area contributed by atoms with E-state index in [1.54, 1.807) is 6.20 Å². The van der Waals surface area contributed by atoms with E-state index >= 15 is 0 Å². The first-order chi connectivity index (χ1) is 9.03. The molecule has 0 bridgehead atoms. The molecule has 1 unspecified atom stereocenters. The predicted molar refractivity (Wildman–Crippen MR) is 82.9 cm³/mol. The zero-order valence-corrected chi connectivity index (χ0v) is 13.3. The van der Waals surface area contributed by atoms with Gasteiger partial charge in [-0.05, 0) is 42.7 Å². The van der Waals surface area contributed by atoms with Gasteiger partial charge in [0.15, 0.2) is 0 Å². The fraction of sp³-hybridized carbons (Fsp3) is 0.706. The van der Waals surface area contributed by atoms with Crippen LogP contribution in [0.15, 0.2) is 17.1 Å². The third kappa shape index (κ3) is 2.93. The molecule has 0 spiro atoms. The van der Waals surface area contributed by atoms with Crippen molar-refractivity contribution in [1.29, 1.82) is 0 Å². The summed E-state index contributed by atoms with van der Waals surface area (Å²) in [5, 5.41) is 0. The fourth-order valence-electron chi connectivity index (χ4n) is 2.89. The Morgan fingerprint density at radius 2 is 1.84 bits per heavy atom. The standard InChI is InChI=1S/C15H23NO.C2H6/c1-5-11(4)12-6-9-16-14(17)13(12)15(7-8-15)10(2)3;1-2/h6,9-11H,5,7-8H2,1-4H3,(H,16,17);1-2H3. The third-order valence-electron chi connectivity index (χ3n) is 4.53. The first-order valence-electron chi connectivity index (χ1n) is 7.75. The maximum atomic E-state index is 12.2. The summed E-state index contributed by atoms with van der Waals surface area (Å²) < 4.78 is 0. The van der Waals surface area contributed by atoms with Crippen LogP contribution in [0.4, 0.5) is 0 Å². The Hall–Kier alpha value is -1.05. The summed E-state index contributed by atoms with van der Waals surface area (Å²) in [4.78, 5) is 15.1. The van der Waals surface area contributed by atoms with Gasteiger partial charge in [0.05, 0.1) is 0 Å².